The molecule has 0 amide bonds. The van der Waals surface area contributed by atoms with Crippen LogP contribution in [-0.2, 0) is 0 Å². The van der Waals surface area contributed by atoms with E-state index in [1.807, 2.05) is 0 Å². The van der Waals surface area contributed by atoms with Crippen LogP contribution in [0.4, 0.5) is 0 Å². The smallest absolute Gasteiger partial charge is 0.0403 e. The highest BCUT2D eigenvalue weighted by Crippen LogP contribution is 2.38. The van der Waals surface area contributed by atoms with Gasteiger partial charge in [0.15, 0.2) is 0 Å². The second-order valence-corrected chi connectivity index (χ2v) is 7.65. The Morgan fingerprint density at radius 1 is 1.12 bits per heavy atom. The van der Waals surface area contributed by atoms with Gasteiger partial charge < -0.3 is 0 Å². The van der Waals surface area contributed by atoms with Crippen molar-refractivity contribution in [3.63, 3.8) is 0 Å². The minimum atomic E-state index is 0.349. The topological polar surface area (TPSA) is 0 Å². The van der Waals surface area contributed by atoms with Crippen molar-refractivity contribution >= 4 is 31.9 Å². The van der Waals surface area contributed by atoms with Gasteiger partial charge in [0.1, 0.15) is 0 Å². The molecule has 0 heterocycles. The van der Waals surface area contributed by atoms with Gasteiger partial charge in [-0.25, -0.2) is 0 Å². The van der Waals surface area contributed by atoms with Crippen LogP contribution in [0.5, 0.6) is 0 Å². The summed E-state index contributed by atoms with van der Waals surface area (Å²) in [6, 6.07) is 4.49. The van der Waals surface area contributed by atoms with Crippen LogP contribution in [0.25, 0.3) is 0 Å². The molecule has 0 bridgehead atoms. The fourth-order valence-electron chi connectivity index (χ4n) is 1.79. The Morgan fingerprint density at radius 2 is 1.69 bits per heavy atom. The highest BCUT2D eigenvalue weighted by molar-refractivity contribution is 9.10. The van der Waals surface area contributed by atoms with Crippen LogP contribution >= 0.6 is 31.9 Å². The molecule has 0 saturated heterocycles. The van der Waals surface area contributed by atoms with Gasteiger partial charge in [0.25, 0.3) is 0 Å². The van der Waals surface area contributed by atoms with Gasteiger partial charge in [-0.1, -0.05) is 58.7 Å². The number of benzene rings is 1. The second kappa shape index (κ2) is 5.22. The summed E-state index contributed by atoms with van der Waals surface area (Å²) in [7, 11) is 0. The molecule has 1 aromatic rings. The Balaban J connectivity index is 3.00. The van der Waals surface area contributed by atoms with Crippen LogP contribution in [-0.4, -0.2) is 0 Å². The molecule has 0 nitrogen and oxygen atoms in total. The van der Waals surface area contributed by atoms with Gasteiger partial charge in [0.05, 0.1) is 0 Å². The van der Waals surface area contributed by atoms with E-state index in [9.17, 15) is 0 Å². The number of hydrogen-bond acceptors (Lipinski definition) is 0. The van der Waals surface area contributed by atoms with Crippen molar-refractivity contribution < 1.29 is 0 Å². The maximum Gasteiger partial charge on any atom is 0.0403 e. The Morgan fingerprint density at radius 3 is 2.19 bits per heavy atom. The molecule has 16 heavy (non-hydrogen) atoms. The molecular formula is C14H20Br2. The molecule has 0 radical (unpaired) electrons. The van der Waals surface area contributed by atoms with Crippen molar-refractivity contribution in [1.29, 1.82) is 0 Å². The molecule has 1 unspecified atom stereocenters. The summed E-state index contributed by atoms with van der Waals surface area (Å²) in [6.07, 6.45) is 1.15. The lowest BCUT2D eigenvalue weighted by Gasteiger charge is -2.24. The first-order valence-electron chi connectivity index (χ1n) is 5.61. The highest BCUT2D eigenvalue weighted by Gasteiger charge is 2.19. The summed E-state index contributed by atoms with van der Waals surface area (Å²) in [5.74, 6) is 0. The summed E-state index contributed by atoms with van der Waals surface area (Å²) in [4.78, 5) is 0.444. The van der Waals surface area contributed by atoms with Gasteiger partial charge in [-0.05, 0) is 48.4 Å². The van der Waals surface area contributed by atoms with E-state index in [2.05, 4.69) is 78.6 Å². The highest BCUT2D eigenvalue weighted by atomic mass is 79.9. The Labute approximate surface area is 116 Å². The van der Waals surface area contributed by atoms with E-state index in [0.29, 0.717) is 10.2 Å². The standard InChI is InChI=1S/C14H20Br2/c1-9-7-12(15)10(2)6-11(9)13(16)8-14(3,4)5/h6-7,13H,8H2,1-5H3. The lowest BCUT2D eigenvalue weighted by atomic mass is 9.87. The van der Waals surface area contributed by atoms with Gasteiger partial charge in [0.2, 0.25) is 0 Å². The molecule has 0 saturated carbocycles. The van der Waals surface area contributed by atoms with E-state index in [1.165, 1.54) is 21.2 Å². The predicted molar refractivity (Wildman–Crippen MR) is 79.4 cm³/mol. The van der Waals surface area contributed by atoms with Gasteiger partial charge in [-0.3, -0.25) is 0 Å². The van der Waals surface area contributed by atoms with Crippen molar-refractivity contribution in [3.05, 3.63) is 33.3 Å². The van der Waals surface area contributed by atoms with Crippen molar-refractivity contribution in [2.24, 2.45) is 5.41 Å². The largest absolute Gasteiger partial charge is 0.0838 e. The summed E-state index contributed by atoms with van der Waals surface area (Å²) >= 11 is 7.39. The maximum atomic E-state index is 3.82. The van der Waals surface area contributed by atoms with Crippen molar-refractivity contribution in [2.75, 3.05) is 0 Å². The molecule has 0 aliphatic carbocycles. The number of alkyl halides is 1. The third-order valence-electron chi connectivity index (χ3n) is 2.68. The monoisotopic (exact) mass is 346 g/mol. The zero-order chi connectivity index (χ0) is 12.5. The zero-order valence-corrected chi connectivity index (χ0v) is 13.9. The average molecular weight is 348 g/mol. The molecule has 1 rings (SSSR count). The van der Waals surface area contributed by atoms with E-state index >= 15 is 0 Å². The summed E-state index contributed by atoms with van der Waals surface area (Å²) in [5, 5.41) is 0. The third kappa shape index (κ3) is 3.89. The molecule has 1 aromatic carbocycles. The molecule has 0 aliphatic rings. The van der Waals surface area contributed by atoms with Crippen LogP contribution in [0.2, 0.25) is 0 Å². The normalized spacial score (nSPS) is 13.9. The Bertz CT molecular complexity index is 375. The summed E-state index contributed by atoms with van der Waals surface area (Å²) in [6.45, 7) is 11.2. The minimum Gasteiger partial charge on any atom is -0.0838 e. The number of aryl methyl sites for hydroxylation is 2. The van der Waals surface area contributed by atoms with E-state index in [-0.39, 0.29) is 0 Å². The van der Waals surface area contributed by atoms with Crippen LogP contribution in [0.3, 0.4) is 0 Å². The van der Waals surface area contributed by atoms with E-state index in [4.69, 9.17) is 0 Å². The molecule has 0 N–H and O–H groups in total. The fourth-order valence-corrected chi connectivity index (χ4v) is 3.71. The molecule has 0 fully saturated rings. The van der Waals surface area contributed by atoms with Crippen LogP contribution in [0.1, 0.15) is 48.7 Å². The second-order valence-electron chi connectivity index (χ2n) is 5.69. The molecular weight excluding hydrogens is 328 g/mol. The quantitative estimate of drug-likeness (QED) is 0.581. The fraction of sp³-hybridized carbons (Fsp3) is 0.571. The molecule has 2 heteroatoms. The van der Waals surface area contributed by atoms with Crippen molar-refractivity contribution in [2.45, 2.75) is 45.9 Å². The lowest BCUT2D eigenvalue weighted by molar-refractivity contribution is 0.376. The maximum absolute atomic E-state index is 3.82. The molecule has 90 valence electrons. The molecule has 0 spiro atoms. The summed E-state index contributed by atoms with van der Waals surface area (Å²) in [5.41, 5.74) is 4.42. The van der Waals surface area contributed by atoms with Crippen LogP contribution in [0, 0.1) is 19.3 Å². The number of hydrogen-bond donors (Lipinski definition) is 0. The predicted octanol–water partition coefficient (Wildman–Crippen LogP) is 5.94. The molecule has 0 aliphatic heterocycles. The third-order valence-corrected chi connectivity index (χ3v) is 4.35. The molecule has 0 aromatic heterocycles. The molecule has 1 atom stereocenters. The van der Waals surface area contributed by atoms with Crippen molar-refractivity contribution in [3.8, 4) is 0 Å². The lowest BCUT2D eigenvalue weighted by Crippen LogP contribution is -2.09. The number of halogens is 2. The Hall–Kier alpha value is 0.180. The minimum absolute atomic E-state index is 0.349. The van der Waals surface area contributed by atoms with Gasteiger partial charge in [-0.2, -0.15) is 0 Å². The number of rotatable bonds is 2. The average Bonchev–Trinajstić information content (AvgIpc) is 2.08. The van der Waals surface area contributed by atoms with E-state index < -0.39 is 0 Å². The first-order valence-corrected chi connectivity index (χ1v) is 7.32. The SMILES string of the molecule is Cc1cc(C(Br)CC(C)(C)C)c(C)cc1Br. The first kappa shape index (κ1) is 14.2. The van der Waals surface area contributed by atoms with Gasteiger partial charge in [0, 0.05) is 9.30 Å². The zero-order valence-electron chi connectivity index (χ0n) is 10.7. The van der Waals surface area contributed by atoms with Gasteiger partial charge >= 0.3 is 0 Å². The van der Waals surface area contributed by atoms with Crippen molar-refractivity contribution in [1.82, 2.24) is 0 Å². The first-order chi connectivity index (χ1) is 7.20. The van der Waals surface area contributed by atoms with Gasteiger partial charge in [-0.15, -0.1) is 0 Å². The van der Waals surface area contributed by atoms with E-state index in [0.717, 1.165) is 6.42 Å². The van der Waals surface area contributed by atoms with Crippen LogP contribution < -0.4 is 0 Å². The summed E-state index contributed by atoms with van der Waals surface area (Å²) < 4.78 is 1.20. The van der Waals surface area contributed by atoms with E-state index in [1.54, 1.807) is 0 Å². The Kier molecular flexibility index (Phi) is 4.65. The van der Waals surface area contributed by atoms with Crippen LogP contribution in [0.15, 0.2) is 16.6 Å².